The first kappa shape index (κ1) is 15.9. The zero-order valence-corrected chi connectivity index (χ0v) is 11.6. The van der Waals surface area contributed by atoms with Crippen molar-refractivity contribution in [2.24, 2.45) is 0 Å². The molecule has 1 rings (SSSR count). The molecule has 1 amide bonds. The number of alkyl halides is 2. The maximum Gasteiger partial charge on any atom is 0.387 e. The Morgan fingerprint density at radius 3 is 2.65 bits per heavy atom. The summed E-state index contributed by atoms with van der Waals surface area (Å²) in [5.74, 6) is -0.249. The SMILES string of the molecule is CC/C=C(/C)C(=O)Nc1ccc(OC)c(OC(F)F)c1. The molecule has 0 fully saturated rings. The van der Waals surface area contributed by atoms with Gasteiger partial charge in [0.15, 0.2) is 11.5 Å². The Hall–Kier alpha value is -2.11. The second-order valence-electron chi connectivity index (χ2n) is 3.99. The second-order valence-corrected chi connectivity index (χ2v) is 3.99. The molecule has 0 unspecified atom stereocenters. The number of anilines is 1. The predicted octanol–water partition coefficient (Wildman–Crippen LogP) is 3.59. The Morgan fingerprint density at radius 2 is 2.10 bits per heavy atom. The van der Waals surface area contributed by atoms with Gasteiger partial charge in [-0.1, -0.05) is 13.0 Å². The first-order valence-electron chi connectivity index (χ1n) is 6.08. The van der Waals surface area contributed by atoms with Crippen molar-refractivity contribution in [1.29, 1.82) is 0 Å². The van der Waals surface area contributed by atoms with E-state index in [4.69, 9.17) is 4.74 Å². The van der Waals surface area contributed by atoms with Crippen LogP contribution in [0.2, 0.25) is 0 Å². The minimum atomic E-state index is -2.96. The van der Waals surface area contributed by atoms with Crippen LogP contribution in [-0.4, -0.2) is 19.6 Å². The molecule has 0 aliphatic rings. The van der Waals surface area contributed by atoms with Crippen molar-refractivity contribution in [3.63, 3.8) is 0 Å². The lowest BCUT2D eigenvalue weighted by Crippen LogP contribution is -2.13. The smallest absolute Gasteiger partial charge is 0.387 e. The second kappa shape index (κ2) is 7.47. The fourth-order valence-corrected chi connectivity index (χ4v) is 1.57. The largest absolute Gasteiger partial charge is 0.493 e. The lowest BCUT2D eigenvalue weighted by Gasteiger charge is -2.12. The molecule has 0 saturated carbocycles. The maximum absolute atomic E-state index is 12.3. The van der Waals surface area contributed by atoms with Crippen LogP contribution in [0.25, 0.3) is 0 Å². The van der Waals surface area contributed by atoms with Gasteiger partial charge in [-0.25, -0.2) is 0 Å². The minimum Gasteiger partial charge on any atom is -0.493 e. The highest BCUT2D eigenvalue weighted by atomic mass is 19.3. The van der Waals surface area contributed by atoms with Crippen LogP contribution in [0.5, 0.6) is 11.5 Å². The highest BCUT2D eigenvalue weighted by Crippen LogP contribution is 2.31. The predicted molar refractivity (Wildman–Crippen MR) is 72.3 cm³/mol. The highest BCUT2D eigenvalue weighted by Gasteiger charge is 2.12. The van der Waals surface area contributed by atoms with Crippen molar-refractivity contribution >= 4 is 11.6 Å². The summed E-state index contributed by atoms with van der Waals surface area (Å²) < 4.78 is 33.8. The molecule has 0 radical (unpaired) electrons. The zero-order chi connectivity index (χ0) is 15.1. The molecule has 0 saturated heterocycles. The van der Waals surface area contributed by atoms with Crippen LogP contribution in [0.4, 0.5) is 14.5 Å². The molecule has 1 aromatic carbocycles. The van der Waals surface area contributed by atoms with E-state index in [2.05, 4.69) is 10.1 Å². The fourth-order valence-electron chi connectivity index (χ4n) is 1.57. The first-order valence-corrected chi connectivity index (χ1v) is 6.08. The minimum absolute atomic E-state index is 0.127. The van der Waals surface area contributed by atoms with Gasteiger partial charge in [0.1, 0.15) is 0 Å². The monoisotopic (exact) mass is 285 g/mol. The number of hydrogen-bond donors (Lipinski definition) is 1. The van der Waals surface area contributed by atoms with Gasteiger partial charge in [-0.2, -0.15) is 8.78 Å². The molecule has 20 heavy (non-hydrogen) atoms. The summed E-state index contributed by atoms with van der Waals surface area (Å²) in [6, 6.07) is 4.29. The van der Waals surface area contributed by atoms with Crippen molar-refractivity contribution in [3.05, 3.63) is 29.8 Å². The third-order valence-corrected chi connectivity index (χ3v) is 2.51. The van der Waals surface area contributed by atoms with E-state index in [0.717, 1.165) is 6.42 Å². The molecule has 0 spiro atoms. The van der Waals surface area contributed by atoms with E-state index in [1.54, 1.807) is 19.1 Å². The van der Waals surface area contributed by atoms with E-state index in [1.165, 1.54) is 19.2 Å². The molecule has 0 aliphatic carbocycles. The number of carbonyl (C=O) groups is 1. The van der Waals surface area contributed by atoms with Gasteiger partial charge in [0, 0.05) is 17.3 Å². The number of methoxy groups -OCH3 is 1. The molecule has 1 N–H and O–H groups in total. The number of ether oxygens (including phenoxy) is 2. The number of amides is 1. The molecule has 0 aliphatic heterocycles. The van der Waals surface area contributed by atoms with E-state index < -0.39 is 6.61 Å². The molecule has 0 heterocycles. The van der Waals surface area contributed by atoms with Gasteiger partial charge in [-0.3, -0.25) is 4.79 Å². The van der Waals surface area contributed by atoms with Gasteiger partial charge in [0.2, 0.25) is 0 Å². The Balaban J connectivity index is 2.91. The summed E-state index contributed by atoms with van der Waals surface area (Å²) >= 11 is 0. The van der Waals surface area contributed by atoms with Gasteiger partial charge >= 0.3 is 6.61 Å². The molecule has 0 aromatic heterocycles. The molecule has 110 valence electrons. The Bertz CT molecular complexity index is 501. The first-order chi connectivity index (χ1) is 9.47. The van der Waals surface area contributed by atoms with Crippen molar-refractivity contribution in [3.8, 4) is 11.5 Å². The van der Waals surface area contributed by atoms with Crippen LogP contribution in [0.3, 0.4) is 0 Å². The normalized spacial score (nSPS) is 11.4. The summed E-state index contributed by atoms with van der Waals surface area (Å²) in [7, 11) is 1.35. The maximum atomic E-state index is 12.3. The summed E-state index contributed by atoms with van der Waals surface area (Å²) in [6.07, 6.45) is 2.51. The van der Waals surface area contributed by atoms with Crippen LogP contribution < -0.4 is 14.8 Å². The Morgan fingerprint density at radius 1 is 1.40 bits per heavy atom. The quantitative estimate of drug-likeness (QED) is 0.812. The number of benzene rings is 1. The summed E-state index contributed by atoms with van der Waals surface area (Å²) in [5.41, 5.74) is 0.912. The van der Waals surface area contributed by atoms with Crippen LogP contribution in [-0.2, 0) is 4.79 Å². The summed E-state index contributed by atoms with van der Waals surface area (Å²) in [6.45, 7) is 0.633. The molecule has 6 heteroatoms. The number of carbonyl (C=O) groups excluding carboxylic acids is 1. The van der Waals surface area contributed by atoms with Crippen LogP contribution in [0, 0.1) is 0 Å². The third kappa shape index (κ3) is 4.53. The topological polar surface area (TPSA) is 47.6 Å². The molecular formula is C14H17F2NO3. The molecule has 0 atom stereocenters. The van der Waals surface area contributed by atoms with Crippen molar-refractivity contribution in [2.45, 2.75) is 26.9 Å². The van der Waals surface area contributed by atoms with Gasteiger partial charge in [0.05, 0.1) is 7.11 Å². The van der Waals surface area contributed by atoms with E-state index >= 15 is 0 Å². The van der Waals surface area contributed by atoms with Crippen molar-refractivity contribution in [2.75, 3.05) is 12.4 Å². The average molecular weight is 285 g/mol. The molecule has 4 nitrogen and oxygen atoms in total. The lowest BCUT2D eigenvalue weighted by atomic mass is 10.2. The summed E-state index contributed by atoms with van der Waals surface area (Å²) in [5, 5.41) is 2.60. The average Bonchev–Trinajstić information content (AvgIpc) is 2.38. The standard InChI is InChI=1S/C14H17F2NO3/c1-4-5-9(2)13(18)17-10-6-7-11(19-3)12(8-10)20-14(15)16/h5-8,14H,4H2,1-3H3,(H,17,18)/b9-5-. The van der Waals surface area contributed by atoms with E-state index in [1.807, 2.05) is 6.92 Å². The van der Waals surface area contributed by atoms with E-state index in [0.29, 0.717) is 11.3 Å². The third-order valence-electron chi connectivity index (χ3n) is 2.51. The lowest BCUT2D eigenvalue weighted by molar-refractivity contribution is -0.112. The number of hydrogen-bond acceptors (Lipinski definition) is 3. The van der Waals surface area contributed by atoms with Gasteiger partial charge < -0.3 is 14.8 Å². The number of halogens is 2. The molecule has 1 aromatic rings. The van der Waals surface area contributed by atoms with Crippen LogP contribution in [0.15, 0.2) is 29.8 Å². The number of allylic oxidation sites excluding steroid dienone is 1. The molecular weight excluding hydrogens is 268 g/mol. The van der Waals surface area contributed by atoms with E-state index in [-0.39, 0.29) is 17.4 Å². The van der Waals surface area contributed by atoms with Crippen molar-refractivity contribution < 1.29 is 23.0 Å². The number of rotatable bonds is 6. The van der Waals surface area contributed by atoms with Crippen LogP contribution in [0.1, 0.15) is 20.3 Å². The fraction of sp³-hybridized carbons (Fsp3) is 0.357. The van der Waals surface area contributed by atoms with Gasteiger partial charge in [-0.05, 0) is 25.5 Å². The van der Waals surface area contributed by atoms with Crippen molar-refractivity contribution in [1.82, 2.24) is 0 Å². The van der Waals surface area contributed by atoms with E-state index in [9.17, 15) is 13.6 Å². The number of nitrogens with one attached hydrogen (secondary N) is 1. The van der Waals surface area contributed by atoms with Gasteiger partial charge in [0.25, 0.3) is 5.91 Å². The summed E-state index contributed by atoms with van der Waals surface area (Å²) in [4.78, 5) is 11.8. The zero-order valence-electron chi connectivity index (χ0n) is 11.6. The van der Waals surface area contributed by atoms with Gasteiger partial charge in [-0.15, -0.1) is 0 Å². The Labute approximate surface area is 116 Å². The highest BCUT2D eigenvalue weighted by molar-refractivity contribution is 6.03. The Kier molecular flexibility index (Phi) is 5.96. The molecule has 0 bridgehead atoms. The van der Waals surface area contributed by atoms with Crippen LogP contribution >= 0.6 is 0 Å².